The molecule has 4 rings (SSSR count). The smallest absolute Gasteiger partial charge is 0.230 e. The van der Waals surface area contributed by atoms with Crippen LogP contribution in [0.25, 0.3) is 11.3 Å². The molecule has 0 unspecified atom stereocenters. The summed E-state index contributed by atoms with van der Waals surface area (Å²) in [7, 11) is 0. The molecular formula is C19H16N2OS2. The quantitative estimate of drug-likeness (QED) is 0.728. The molecule has 0 spiro atoms. The first-order chi connectivity index (χ1) is 11.7. The first kappa shape index (κ1) is 15.4. The number of aryl methyl sites for hydroxylation is 1. The minimum atomic E-state index is -0.0223. The van der Waals surface area contributed by atoms with Gasteiger partial charge in [-0.1, -0.05) is 48.0 Å². The van der Waals surface area contributed by atoms with Gasteiger partial charge in [-0.25, -0.2) is 4.98 Å². The highest BCUT2D eigenvalue weighted by Crippen LogP contribution is 2.44. The molecule has 120 valence electrons. The number of thioether (sulfide) groups is 1. The molecule has 1 aliphatic rings. The van der Waals surface area contributed by atoms with Crippen LogP contribution in [0, 0.1) is 6.92 Å². The summed E-state index contributed by atoms with van der Waals surface area (Å²) in [5, 5.41) is 3.64. The van der Waals surface area contributed by atoms with Gasteiger partial charge < -0.3 is 5.32 Å². The number of carbonyl (C=O) groups excluding carboxylic acids is 1. The van der Waals surface area contributed by atoms with Crippen molar-refractivity contribution < 1.29 is 4.79 Å². The number of aromatic nitrogens is 1. The average Bonchev–Trinajstić information content (AvgIpc) is 2.99. The molecule has 3 nitrogen and oxygen atoms in total. The normalized spacial score (nSPS) is 12.4. The van der Waals surface area contributed by atoms with Gasteiger partial charge in [0.15, 0.2) is 5.13 Å². The molecule has 24 heavy (non-hydrogen) atoms. The van der Waals surface area contributed by atoms with E-state index in [2.05, 4.69) is 22.4 Å². The van der Waals surface area contributed by atoms with Crippen molar-refractivity contribution in [2.75, 3.05) is 5.32 Å². The number of benzene rings is 2. The van der Waals surface area contributed by atoms with E-state index in [0.717, 1.165) is 17.0 Å². The maximum atomic E-state index is 12.3. The highest BCUT2D eigenvalue weighted by molar-refractivity contribution is 7.98. The largest absolute Gasteiger partial charge is 0.302 e. The van der Waals surface area contributed by atoms with Crippen molar-refractivity contribution in [3.8, 4) is 11.3 Å². The van der Waals surface area contributed by atoms with Crippen molar-refractivity contribution >= 4 is 34.1 Å². The third-order valence-electron chi connectivity index (χ3n) is 3.93. The first-order valence-electron chi connectivity index (χ1n) is 7.76. The van der Waals surface area contributed by atoms with Gasteiger partial charge in [0.1, 0.15) is 0 Å². The Hall–Kier alpha value is -2.11. The van der Waals surface area contributed by atoms with Crippen molar-refractivity contribution in [2.45, 2.75) is 24.0 Å². The second kappa shape index (κ2) is 6.42. The number of anilines is 1. The molecule has 1 amide bonds. The number of hydrogen-bond acceptors (Lipinski definition) is 4. The molecule has 1 N–H and O–H groups in total. The highest BCUT2D eigenvalue weighted by Gasteiger charge is 2.21. The van der Waals surface area contributed by atoms with Crippen LogP contribution in [0.4, 0.5) is 5.13 Å². The number of nitrogens with zero attached hydrogens (tertiary/aromatic N) is 1. The van der Waals surface area contributed by atoms with E-state index in [1.54, 1.807) is 11.3 Å². The average molecular weight is 352 g/mol. The standard InChI is InChI=1S/C19H16N2OS2/c1-12-6-8-13(9-7-12)10-17(22)20-19-21-18-14-4-2-3-5-15(14)23-11-16(18)24-19/h2-9H,10-11H2,1H3,(H,20,21,22). The minimum Gasteiger partial charge on any atom is -0.302 e. The van der Waals surface area contributed by atoms with E-state index < -0.39 is 0 Å². The third kappa shape index (κ3) is 3.09. The van der Waals surface area contributed by atoms with E-state index in [-0.39, 0.29) is 5.91 Å². The lowest BCUT2D eigenvalue weighted by Gasteiger charge is -2.13. The summed E-state index contributed by atoms with van der Waals surface area (Å²) in [6.07, 6.45) is 0.371. The molecule has 0 saturated heterocycles. The number of nitrogens with one attached hydrogen (secondary N) is 1. The van der Waals surface area contributed by atoms with Gasteiger partial charge in [0.05, 0.1) is 12.1 Å². The molecule has 0 radical (unpaired) electrons. The van der Waals surface area contributed by atoms with Crippen LogP contribution < -0.4 is 5.32 Å². The Morgan fingerprint density at radius 1 is 1.17 bits per heavy atom. The topological polar surface area (TPSA) is 42.0 Å². The Morgan fingerprint density at radius 3 is 2.79 bits per heavy atom. The fourth-order valence-electron chi connectivity index (χ4n) is 2.70. The van der Waals surface area contributed by atoms with Crippen molar-refractivity contribution in [1.29, 1.82) is 0 Å². The first-order valence-corrected chi connectivity index (χ1v) is 9.56. The predicted molar refractivity (Wildman–Crippen MR) is 101 cm³/mol. The summed E-state index contributed by atoms with van der Waals surface area (Å²) in [5.74, 6) is 0.892. The van der Waals surface area contributed by atoms with E-state index in [0.29, 0.717) is 11.6 Å². The van der Waals surface area contributed by atoms with Crippen LogP contribution in [-0.4, -0.2) is 10.9 Å². The molecule has 2 heterocycles. The van der Waals surface area contributed by atoms with Crippen LogP contribution in [-0.2, 0) is 17.0 Å². The Labute approximate surface area is 149 Å². The molecule has 1 aromatic heterocycles. The lowest BCUT2D eigenvalue weighted by atomic mass is 10.1. The van der Waals surface area contributed by atoms with Gasteiger partial charge >= 0.3 is 0 Å². The predicted octanol–water partition coefficient (Wildman–Crippen LogP) is 4.91. The zero-order chi connectivity index (χ0) is 16.5. The molecule has 0 saturated carbocycles. The lowest BCUT2D eigenvalue weighted by molar-refractivity contribution is -0.115. The number of fused-ring (bicyclic) bond motifs is 3. The molecule has 3 aromatic rings. The number of thiazole rings is 1. The van der Waals surface area contributed by atoms with E-state index in [4.69, 9.17) is 0 Å². The molecule has 2 aromatic carbocycles. The van der Waals surface area contributed by atoms with Crippen LogP contribution in [0.5, 0.6) is 0 Å². The maximum Gasteiger partial charge on any atom is 0.230 e. The molecular weight excluding hydrogens is 336 g/mol. The molecule has 0 atom stereocenters. The number of rotatable bonds is 3. The van der Waals surface area contributed by atoms with Crippen LogP contribution in [0.2, 0.25) is 0 Å². The minimum absolute atomic E-state index is 0.0223. The number of carbonyl (C=O) groups is 1. The monoisotopic (exact) mass is 352 g/mol. The van der Waals surface area contributed by atoms with Crippen molar-refractivity contribution in [3.05, 3.63) is 64.5 Å². The van der Waals surface area contributed by atoms with E-state index in [1.165, 1.54) is 20.9 Å². The van der Waals surface area contributed by atoms with Gasteiger partial charge in [0.2, 0.25) is 5.91 Å². The van der Waals surface area contributed by atoms with E-state index >= 15 is 0 Å². The van der Waals surface area contributed by atoms with Gasteiger partial charge in [-0.2, -0.15) is 0 Å². The second-order valence-corrected chi connectivity index (χ2v) is 7.89. The summed E-state index contributed by atoms with van der Waals surface area (Å²) < 4.78 is 0. The Bertz CT molecular complexity index is 900. The summed E-state index contributed by atoms with van der Waals surface area (Å²) >= 11 is 3.40. The van der Waals surface area contributed by atoms with E-state index in [9.17, 15) is 4.79 Å². The summed E-state index contributed by atoms with van der Waals surface area (Å²) in [5.41, 5.74) is 4.39. The molecule has 0 bridgehead atoms. The lowest BCUT2D eigenvalue weighted by Crippen LogP contribution is -2.14. The molecule has 0 aliphatic carbocycles. The maximum absolute atomic E-state index is 12.3. The summed E-state index contributed by atoms with van der Waals surface area (Å²) in [4.78, 5) is 19.4. The van der Waals surface area contributed by atoms with E-state index in [1.807, 2.05) is 55.1 Å². The van der Waals surface area contributed by atoms with Gasteiger partial charge in [0.25, 0.3) is 0 Å². The Kier molecular flexibility index (Phi) is 4.12. The molecule has 5 heteroatoms. The second-order valence-electron chi connectivity index (χ2n) is 5.79. The fraction of sp³-hybridized carbons (Fsp3) is 0.158. The molecule has 1 aliphatic heterocycles. The van der Waals surface area contributed by atoms with Crippen LogP contribution >= 0.6 is 23.1 Å². The van der Waals surface area contributed by atoms with Crippen molar-refractivity contribution in [1.82, 2.24) is 4.98 Å². The number of amides is 1. The Balaban J connectivity index is 1.51. The van der Waals surface area contributed by atoms with Crippen LogP contribution in [0.1, 0.15) is 16.0 Å². The SMILES string of the molecule is Cc1ccc(CC(=O)Nc2nc3c(s2)CSc2ccccc2-3)cc1. The fourth-order valence-corrected chi connectivity index (χ4v) is 4.82. The molecule has 0 fully saturated rings. The zero-order valence-electron chi connectivity index (χ0n) is 13.2. The summed E-state index contributed by atoms with van der Waals surface area (Å²) in [6.45, 7) is 2.04. The zero-order valence-corrected chi connectivity index (χ0v) is 14.8. The van der Waals surface area contributed by atoms with Gasteiger partial charge in [-0.05, 0) is 18.6 Å². The third-order valence-corrected chi connectivity index (χ3v) is 6.18. The number of hydrogen-bond donors (Lipinski definition) is 1. The van der Waals surface area contributed by atoms with Gasteiger partial charge in [0, 0.05) is 21.1 Å². The van der Waals surface area contributed by atoms with Crippen molar-refractivity contribution in [3.63, 3.8) is 0 Å². The summed E-state index contributed by atoms with van der Waals surface area (Å²) in [6, 6.07) is 16.3. The highest BCUT2D eigenvalue weighted by atomic mass is 32.2. The van der Waals surface area contributed by atoms with Crippen molar-refractivity contribution in [2.24, 2.45) is 0 Å². The van der Waals surface area contributed by atoms with Crippen LogP contribution in [0.3, 0.4) is 0 Å². The van der Waals surface area contributed by atoms with Gasteiger partial charge in [-0.15, -0.1) is 23.1 Å². The Morgan fingerprint density at radius 2 is 1.96 bits per heavy atom. The van der Waals surface area contributed by atoms with Crippen LogP contribution in [0.15, 0.2) is 53.4 Å². The van der Waals surface area contributed by atoms with Gasteiger partial charge in [-0.3, -0.25) is 4.79 Å².